The lowest BCUT2D eigenvalue weighted by Crippen LogP contribution is -2.55. The number of amides is 2. The first-order valence-electron chi connectivity index (χ1n) is 8.00. The van der Waals surface area contributed by atoms with Crippen molar-refractivity contribution in [3.05, 3.63) is 35.9 Å². The Labute approximate surface area is 141 Å². The topological polar surface area (TPSA) is 99.1 Å². The van der Waals surface area contributed by atoms with Crippen molar-refractivity contribution in [1.29, 1.82) is 0 Å². The van der Waals surface area contributed by atoms with Gasteiger partial charge in [-0.15, -0.1) is 0 Å². The quantitative estimate of drug-likeness (QED) is 0.755. The van der Waals surface area contributed by atoms with Gasteiger partial charge in [-0.25, -0.2) is 4.79 Å². The molecule has 132 valence electrons. The third-order valence-electron chi connectivity index (χ3n) is 4.17. The number of nitrogens with one attached hydrogen (secondary N) is 1. The summed E-state index contributed by atoms with van der Waals surface area (Å²) in [6.07, 6.45) is -2.56. The van der Waals surface area contributed by atoms with Gasteiger partial charge >= 0.3 is 6.09 Å². The monoisotopic (exact) mass is 336 g/mol. The number of aliphatic hydroxyl groups is 1. The lowest BCUT2D eigenvalue weighted by molar-refractivity contribution is -0.140. The molecule has 1 aromatic rings. The first-order valence-corrected chi connectivity index (χ1v) is 8.00. The van der Waals surface area contributed by atoms with E-state index < -0.39 is 36.6 Å². The van der Waals surface area contributed by atoms with Gasteiger partial charge in [-0.1, -0.05) is 44.2 Å². The van der Waals surface area contributed by atoms with Gasteiger partial charge in [0.2, 0.25) is 5.91 Å². The lowest BCUT2D eigenvalue weighted by Gasteiger charge is -2.32. The summed E-state index contributed by atoms with van der Waals surface area (Å²) in [5, 5.41) is 21.4. The van der Waals surface area contributed by atoms with Crippen molar-refractivity contribution in [2.75, 3.05) is 0 Å². The number of carbonyl (C=O) groups is 2. The van der Waals surface area contributed by atoms with Crippen LogP contribution in [0.4, 0.5) is 4.79 Å². The van der Waals surface area contributed by atoms with E-state index in [1.54, 1.807) is 20.8 Å². The molecule has 0 bridgehead atoms. The lowest BCUT2D eigenvalue weighted by atomic mass is 10.00. The second-order valence-corrected chi connectivity index (χ2v) is 6.30. The first-order chi connectivity index (χ1) is 11.3. The molecule has 1 heterocycles. The maximum atomic E-state index is 12.9. The van der Waals surface area contributed by atoms with E-state index in [2.05, 4.69) is 5.32 Å². The molecule has 1 aromatic carbocycles. The van der Waals surface area contributed by atoms with Crippen LogP contribution in [0.1, 0.15) is 26.3 Å². The minimum absolute atomic E-state index is 0.226. The second kappa shape index (κ2) is 7.63. The van der Waals surface area contributed by atoms with Crippen molar-refractivity contribution in [2.45, 2.75) is 51.8 Å². The molecular formula is C17H24N2O5. The zero-order valence-electron chi connectivity index (χ0n) is 14.0. The number of ether oxygens (including phenoxy) is 1. The molecule has 0 saturated carbocycles. The standard InChI is InChI=1S/C17H24N2O5/c1-10(2)14(18-17(22)23)15(20)19-11(3)24-16(21)13(19)9-12-7-5-4-6-8-12/h4-8,10-11,13-14,16,18,21H,9H2,1-3H3,(H,22,23). The number of rotatable bonds is 5. The van der Waals surface area contributed by atoms with Crippen LogP contribution in [0, 0.1) is 5.92 Å². The van der Waals surface area contributed by atoms with Crippen molar-refractivity contribution >= 4 is 12.0 Å². The van der Waals surface area contributed by atoms with Gasteiger partial charge in [0.15, 0.2) is 6.29 Å². The van der Waals surface area contributed by atoms with Gasteiger partial charge in [0.05, 0.1) is 6.04 Å². The number of benzene rings is 1. The van der Waals surface area contributed by atoms with Crippen LogP contribution in [0.15, 0.2) is 30.3 Å². The van der Waals surface area contributed by atoms with Crippen molar-refractivity contribution in [3.8, 4) is 0 Å². The van der Waals surface area contributed by atoms with Gasteiger partial charge in [-0.3, -0.25) is 4.79 Å². The summed E-state index contributed by atoms with van der Waals surface area (Å²) in [6.45, 7) is 5.20. The van der Waals surface area contributed by atoms with Gasteiger partial charge in [0, 0.05) is 0 Å². The fourth-order valence-corrected chi connectivity index (χ4v) is 2.97. The summed E-state index contributed by atoms with van der Waals surface area (Å²) in [5.74, 6) is -0.617. The Bertz CT molecular complexity index is 578. The van der Waals surface area contributed by atoms with E-state index in [1.165, 1.54) is 4.90 Å². The van der Waals surface area contributed by atoms with Crippen LogP contribution in [-0.4, -0.2) is 51.7 Å². The highest BCUT2D eigenvalue weighted by Gasteiger charge is 2.44. The zero-order chi connectivity index (χ0) is 17.9. The summed E-state index contributed by atoms with van der Waals surface area (Å²) in [6, 6.07) is 8.03. The third-order valence-corrected chi connectivity index (χ3v) is 4.17. The van der Waals surface area contributed by atoms with E-state index in [4.69, 9.17) is 9.84 Å². The third kappa shape index (κ3) is 4.04. The number of carbonyl (C=O) groups excluding carboxylic acids is 1. The molecule has 4 unspecified atom stereocenters. The minimum Gasteiger partial charge on any atom is -0.465 e. The molecule has 2 amide bonds. The van der Waals surface area contributed by atoms with Crippen LogP contribution in [0.3, 0.4) is 0 Å². The maximum absolute atomic E-state index is 12.9. The number of carboxylic acid groups (broad SMARTS) is 1. The van der Waals surface area contributed by atoms with Crippen molar-refractivity contribution < 1.29 is 24.5 Å². The molecule has 0 aromatic heterocycles. The normalized spacial score (nSPS) is 24.9. The Morgan fingerprint density at radius 2 is 1.92 bits per heavy atom. The fraction of sp³-hybridized carbons (Fsp3) is 0.529. The molecule has 1 aliphatic heterocycles. The van der Waals surface area contributed by atoms with Crippen LogP contribution < -0.4 is 5.32 Å². The minimum atomic E-state index is -1.25. The molecule has 4 atom stereocenters. The Morgan fingerprint density at radius 1 is 1.29 bits per heavy atom. The Hall–Kier alpha value is -2.12. The van der Waals surface area contributed by atoms with Crippen molar-refractivity contribution in [3.63, 3.8) is 0 Å². The average Bonchev–Trinajstić information content (AvgIpc) is 2.79. The number of aliphatic hydroxyl groups excluding tert-OH is 1. The predicted molar refractivity (Wildman–Crippen MR) is 87.1 cm³/mol. The first kappa shape index (κ1) is 18.2. The molecule has 0 aliphatic carbocycles. The maximum Gasteiger partial charge on any atom is 0.405 e. The molecular weight excluding hydrogens is 312 g/mol. The summed E-state index contributed by atoms with van der Waals surface area (Å²) in [7, 11) is 0. The molecule has 1 saturated heterocycles. The molecule has 7 nitrogen and oxygen atoms in total. The molecule has 7 heteroatoms. The van der Waals surface area contributed by atoms with Crippen LogP contribution in [0.2, 0.25) is 0 Å². The van der Waals surface area contributed by atoms with Gasteiger partial charge in [-0.2, -0.15) is 0 Å². The van der Waals surface area contributed by atoms with E-state index in [0.29, 0.717) is 6.42 Å². The van der Waals surface area contributed by atoms with Gasteiger partial charge in [-0.05, 0) is 24.8 Å². The smallest absolute Gasteiger partial charge is 0.405 e. The molecule has 1 fully saturated rings. The van der Waals surface area contributed by atoms with E-state index in [1.807, 2.05) is 30.3 Å². The Morgan fingerprint density at radius 3 is 2.46 bits per heavy atom. The molecule has 24 heavy (non-hydrogen) atoms. The van der Waals surface area contributed by atoms with Crippen LogP contribution in [0.5, 0.6) is 0 Å². The predicted octanol–water partition coefficient (Wildman–Crippen LogP) is 1.41. The number of nitrogens with zero attached hydrogens (tertiary/aromatic N) is 1. The molecule has 3 N–H and O–H groups in total. The molecule has 1 aliphatic rings. The fourth-order valence-electron chi connectivity index (χ4n) is 2.97. The number of hydrogen-bond acceptors (Lipinski definition) is 4. The average molecular weight is 336 g/mol. The largest absolute Gasteiger partial charge is 0.465 e. The Balaban J connectivity index is 2.23. The number of hydrogen-bond donors (Lipinski definition) is 3. The molecule has 0 spiro atoms. The van der Waals surface area contributed by atoms with Gasteiger partial charge in [0.1, 0.15) is 12.3 Å². The Kier molecular flexibility index (Phi) is 5.80. The van der Waals surface area contributed by atoms with Gasteiger partial charge in [0.25, 0.3) is 0 Å². The summed E-state index contributed by atoms with van der Waals surface area (Å²) >= 11 is 0. The molecule has 0 radical (unpaired) electrons. The van der Waals surface area contributed by atoms with E-state index in [9.17, 15) is 14.7 Å². The van der Waals surface area contributed by atoms with Crippen LogP contribution >= 0.6 is 0 Å². The summed E-state index contributed by atoms with van der Waals surface area (Å²) in [4.78, 5) is 25.3. The van der Waals surface area contributed by atoms with E-state index >= 15 is 0 Å². The van der Waals surface area contributed by atoms with Crippen molar-refractivity contribution in [2.24, 2.45) is 5.92 Å². The summed E-state index contributed by atoms with van der Waals surface area (Å²) < 4.78 is 5.40. The summed E-state index contributed by atoms with van der Waals surface area (Å²) in [5.41, 5.74) is 0.962. The zero-order valence-corrected chi connectivity index (χ0v) is 14.0. The van der Waals surface area contributed by atoms with Crippen LogP contribution in [0.25, 0.3) is 0 Å². The highest BCUT2D eigenvalue weighted by atomic mass is 16.6. The SMILES string of the molecule is CC(C)C(NC(=O)O)C(=O)N1C(C)OC(O)C1Cc1ccccc1. The van der Waals surface area contributed by atoms with Crippen molar-refractivity contribution in [1.82, 2.24) is 10.2 Å². The van der Waals surface area contributed by atoms with Gasteiger partial charge < -0.3 is 25.2 Å². The van der Waals surface area contributed by atoms with E-state index in [0.717, 1.165) is 5.56 Å². The highest BCUT2D eigenvalue weighted by molar-refractivity contribution is 5.86. The second-order valence-electron chi connectivity index (χ2n) is 6.30. The van der Waals surface area contributed by atoms with E-state index in [-0.39, 0.29) is 5.92 Å². The molecule has 2 rings (SSSR count). The highest BCUT2D eigenvalue weighted by Crippen LogP contribution is 2.26. The van der Waals surface area contributed by atoms with Crippen LogP contribution in [-0.2, 0) is 16.0 Å².